The van der Waals surface area contributed by atoms with E-state index in [1.807, 2.05) is 25.7 Å². The number of carbonyl (C=O) groups is 1. The fourth-order valence-corrected chi connectivity index (χ4v) is 2.41. The Morgan fingerprint density at radius 1 is 1.12 bits per heavy atom. The van der Waals surface area contributed by atoms with Crippen LogP contribution >= 0.6 is 0 Å². The highest BCUT2D eigenvalue weighted by Crippen LogP contribution is 2.12. The Hall–Kier alpha value is -2.24. The minimum atomic E-state index is -0.470. The smallest absolute Gasteiger partial charge is 0.410 e. The first-order valence-electron chi connectivity index (χ1n) is 8.33. The Morgan fingerprint density at radius 2 is 1.67 bits per heavy atom. The molecule has 0 bridgehead atoms. The molecule has 0 radical (unpaired) electrons. The van der Waals surface area contributed by atoms with Crippen molar-refractivity contribution in [3.8, 4) is 0 Å². The van der Waals surface area contributed by atoms with Gasteiger partial charge in [0.2, 0.25) is 0 Å². The number of hydrogen-bond donors (Lipinski definition) is 1. The molecule has 0 spiro atoms. The normalized spacial score (nSPS) is 16.2. The second kappa shape index (κ2) is 7.55. The number of nitrogens with two attached hydrogens (primary N) is 1. The van der Waals surface area contributed by atoms with E-state index < -0.39 is 5.60 Å². The van der Waals surface area contributed by atoms with Crippen LogP contribution in [0.3, 0.4) is 0 Å². The van der Waals surface area contributed by atoms with Gasteiger partial charge in [-0.1, -0.05) is 29.8 Å². The van der Waals surface area contributed by atoms with E-state index >= 15 is 0 Å². The molecule has 0 unspecified atom stereocenters. The number of rotatable bonds is 2. The summed E-state index contributed by atoms with van der Waals surface area (Å²) in [5.74, 6) is 0.527. The summed E-state index contributed by atoms with van der Waals surface area (Å²) in [6.45, 7) is 10.8. The molecule has 1 aromatic rings. The van der Waals surface area contributed by atoms with E-state index in [9.17, 15) is 4.79 Å². The van der Waals surface area contributed by atoms with Crippen molar-refractivity contribution < 1.29 is 9.53 Å². The van der Waals surface area contributed by atoms with Gasteiger partial charge in [0.15, 0.2) is 5.96 Å². The molecule has 2 rings (SSSR count). The number of nitrogens with zero attached hydrogens (tertiary/aromatic N) is 3. The molecule has 1 heterocycles. The van der Waals surface area contributed by atoms with Crippen molar-refractivity contribution in [2.24, 2.45) is 10.7 Å². The highest BCUT2D eigenvalue weighted by Gasteiger charge is 2.26. The van der Waals surface area contributed by atoms with E-state index in [0.29, 0.717) is 38.7 Å². The summed E-state index contributed by atoms with van der Waals surface area (Å²) < 4.78 is 5.39. The first-order chi connectivity index (χ1) is 11.2. The zero-order valence-corrected chi connectivity index (χ0v) is 15.1. The van der Waals surface area contributed by atoms with Gasteiger partial charge in [-0.05, 0) is 33.3 Å². The summed E-state index contributed by atoms with van der Waals surface area (Å²) in [5.41, 5.74) is 7.99. The summed E-state index contributed by atoms with van der Waals surface area (Å²) >= 11 is 0. The number of piperazine rings is 1. The molecule has 1 amide bonds. The van der Waals surface area contributed by atoms with Crippen LogP contribution in [-0.2, 0) is 11.3 Å². The summed E-state index contributed by atoms with van der Waals surface area (Å²) in [6, 6.07) is 8.26. The van der Waals surface area contributed by atoms with E-state index in [2.05, 4.69) is 36.2 Å². The molecular weight excluding hydrogens is 304 g/mol. The zero-order chi connectivity index (χ0) is 17.7. The maximum Gasteiger partial charge on any atom is 0.410 e. The average Bonchev–Trinajstić information content (AvgIpc) is 2.52. The Morgan fingerprint density at radius 3 is 2.21 bits per heavy atom. The number of amides is 1. The molecule has 1 fully saturated rings. The standard InChI is InChI=1S/C18H28N4O2/c1-14-5-7-15(8-6-14)13-20-16(19)21-9-11-22(12-10-21)17(23)24-18(2,3)4/h5-8H,9-13H2,1-4H3,(H2,19,20). The summed E-state index contributed by atoms with van der Waals surface area (Å²) in [5, 5.41) is 0. The van der Waals surface area contributed by atoms with Crippen LogP contribution in [0.4, 0.5) is 4.79 Å². The lowest BCUT2D eigenvalue weighted by atomic mass is 10.1. The van der Waals surface area contributed by atoms with E-state index in [-0.39, 0.29) is 6.09 Å². The highest BCUT2D eigenvalue weighted by molar-refractivity contribution is 5.78. The zero-order valence-electron chi connectivity index (χ0n) is 15.1. The van der Waals surface area contributed by atoms with Crippen molar-refractivity contribution in [2.75, 3.05) is 26.2 Å². The number of aryl methyl sites for hydroxylation is 1. The van der Waals surface area contributed by atoms with Crippen LogP contribution in [0.2, 0.25) is 0 Å². The van der Waals surface area contributed by atoms with Crippen LogP contribution in [-0.4, -0.2) is 53.6 Å². The van der Waals surface area contributed by atoms with Crippen LogP contribution in [0.1, 0.15) is 31.9 Å². The molecule has 1 saturated heterocycles. The molecular formula is C18H28N4O2. The molecule has 0 aliphatic carbocycles. The second-order valence-electron chi connectivity index (χ2n) is 7.11. The topological polar surface area (TPSA) is 71.2 Å². The third-order valence-corrected chi connectivity index (χ3v) is 3.80. The molecule has 24 heavy (non-hydrogen) atoms. The number of carbonyl (C=O) groups excluding carboxylic acids is 1. The summed E-state index contributed by atoms with van der Waals surface area (Å²) in [6.07, 6.45) is -0.266. The monoisotopic (exact) mass is 332 g/mol. The van der Waals surface area contributed by atoms with Crippen LogP contribution in [0.5, 0.6) is 0 Å². The van der Waals surface area contributed by atoms with Crippen molar-refractivity contribution in [2.45, 2.75) is 39.8 Å². The van der Waals surface area contributed by atoms with Gasteiger partial charge in [0, 0.05) is 26.2 Å². The Balaban J connectivity index is 1.83. The van der Waals surface area contributed by atoms with Gasteiger partial charge < -0.3 is 20.3 Å². The fourth-order valence-electron chi connectivity index (χ4n) is 2.41. The Labute approximate surface area is 144 Å². The lowest BCUT2D eigenvalue weighted by Crippen LogP contribution is -2.53. The van der Waals surface area contributed by atoms with Crippen molar-refractivity contribution >= 4 is 12.1 Å². The SMILES string of the molecule is Cc1ccc(CN=C(N)N2CCN(C(=O)OC(C)(C)C)CC2)cc1. The van der Waals surface area contributed by atoms with Gasteiger partial charge in [0.05, 0.1) is 6.54 Å². The van der Waals surface area contributed by atoms with Crippen LogP contribution in [0, 0.1) is 6.92 Å². The van der Waals surface area contributed by atoms with Gasteiger partial charge in [0.1, 0.15) is 5.60 Å². The number of guanidine groups is 1. The third kappa shape index (κ3) is 5.44. The number of benzene rings is 1. The van der Waals surface area contributed by atoms with Crippen molar-refractivity contribution in [1.82, 2.24) is 9.80 Å². The van der Waals surface area contributed by atoms with Gasteiger partial charge >= 0.3 is 6.09 Å². The number of aliphatic imine (C=N–C) groups is 1. The molecule has 132 valence electrons. The van der Waals surface area contributed by atoms with Crippen molar-refractivity contribution in [1.29, 1.82) is 0 Å². The molecule has 1 aliphatic rings. The molecule has 1 aromatic carbocycles. The van der Waals surface area contributed by atoms with Crippen LogP contribution in [0.15, 0.2) is 29.3 Å². The first kappa shape index (κ1) is 18.1. The average molecular weight is 332 g/mol. The lowest BCUT2D eigenvalue weighted by Gasteiger charge is -2.36. The van der Waals surface area contributed by atoms with E-state index in [0.717, 1.165) is 5.56 Å². The van der Waals surface area contributed by atoms with Crippen LogP contribution < -0.4 is 5.73 Å². The van der Waals surface area contributed by atoms with E-state index in [1.165, 1.54) is 5.56 Å². The largest absolute Gasteiger partial charge is 0.444 e. The van der Waals surface area contributed by atoms with Gasteiger partial charge in [-0.15, -0.1) is 0 Å². The maximum atomic E-state index is 12.1. The fraction of sp³-hybridized carbons (Fsp3) is 0.556. The maximum absolute atomic E-state index is 12.1. The number of hydrogen-bond acceptors (Lipinski definition) is 3. The second-order valence-corrected chi connectivity index (χ2v) is 7.11. The molecule has 0 saturated carbocycles. The molecule has 0 aromatic heterocycles. The van der Waals surface area contributed by atoms with Gasteiger partial charge in [-0.2, -0.15) is 0 Å². The van der Waals surface area contributed by atoms with Crippen molar-refractivity contribution in [3.05, 3.63) is 35.4 Å². The molecule has 2 N–H and O–H groups in total. The minimum absolute atomic E-state index is 0.266. The summed E-state index contributed by atoms with van der Waals surface area (Å²) in [4.78, 5) is 20.2. The summed E-state index contributed by atoms with van der Waals surface area (Å²) in [7, 11) is 0. The quantitative estimate of drug-likeness (QED) is 0.667. The molecule has 1 aliphatic heterocycles. The van der Waals surface area contributed by atoms with Crippen molar-refractivity contribution in [3.63, 3.8) is 0 Å². The minimum Gasteiger partial charge on any atom is -0.444 e. The molecule has 0 atom stereocenters. The molecule has 6 nitrogen and oxygen atoms in total. The van der Waals surface area contributed by atoms with Gasteiger partial charge in [0.25, 0.3) is 0 Å². The highest BCUT2D eigenvalue weighted by atomic mass is 16.6. The first-order valence-corrected chi connectivity index (χ1v) is 8.33. The molecule has 6 heteroatoms. The van der Waals surface area contributed by atoms with Crippen LogP contribution in [0.25, 0.3) is 0 Å². The van der Waals surface area contributed by atoms with E-state index in [4.69, 9.17) is 10.5 Å². The lowest BCUT2D eigenvalue weighted by molar-refractivity contribution is 0.0186. The Bertz CT molecular complexity index is 582. The van der Waals surface area contributed by atoms with E-state index in [1.54, 1.807) is 4.90 Å². The van der Waals surface area contributed by atoms with Gasteiger partial charge in [-0.3, -0.25) is 0 Å². The number of ether oxygens (including phenoxy) is 1. The third-order valence-electron chi connectivity index (χ3n) is 3.80. The Kier molecular flexibility index (Phi) is 5.70. The predicted octanol–water partition coefficient (Wildman–Crippen LogP) is 2.36. The van der Waals surface area contributed by atoms with Gasteiger partial charge in [-0.25, -0.2) is 9.79 Å². The predicted molar refractivity (Wildman–Crippen MR) is 95.9 cm³/mol.